The van der Waals surface area contributed by atoms with Crippen LogP contribution in [0.1, 0.15) is 38.4 Å². The molecule has 18 heavy (non-hydrogen) atoms. The summed E-state index contributed by atoms with van der Waals surface area (Å²) < 4.78 is 2.05. The van der Waals surface area contributed by atoms with E-state index in [-0.39, 0.29) is 0 Å². The summed E-state index contributed by atoms with van der Waals surface area (Å²) in [5.74, 6) is 0. The molecule has 1 unspecified atom stereocenters. The first kappa shape index (κ1) is 12.2. The van der Waals surface area contributed by atoms with Crippen LogP contribution in [0.2, 0.25) is 0 Å². The molecule has 2 fully saturated rings. The maximum atomic E-state index is 4.65. The SMILES string of the molecule is CC(C)n1ccc(CN2CCC3(CCNC3)C2)n1. The van der Waals surface area contributed by atoms with Crippen molar-refractivity contribution in [3.05, 3.63) is 18.0 Å². The van der Waals surface area contributed by atoms with Crippen molar-refractivity contribution in [3.8, 4) is 0 Å². The number of likely N-dealkylation sites (tertiary alicyclic amines) is 1. The minimum Gasteiger partial charge on any atom is -0.316 e. The minimum absolute atomic E-state index is 0.461. The maximum absolute atomic E-state index is 4.65. The van der Waals surface area contributed by atoms with Gasteiger partial charge in [0, 0.05) is 31.9 Å². The van der Waals surface area contributed by atoms with Crippen LogP contribution in [0.5, 0.6) is 0 Å². The van der Waals surface area contributed by atoms with Crippen molar-refractivity contribution in [2.75, 3.05) is 26.2 Å². The zero-order valence-corrected chi connectivity index (χ0v) is 11.5. The van der Waals surface area contributed by atoms with Crippen molar-refractivity contribution >= 4 is 0 Å². The number of nitrogens with zero attached hydrogens (tertiary/aromatic N) is 3. The summed E-state index contributed by atoms with van der Waals surface area (Å²) in [6.07, 6.45) is 4.80. The summed E-state index contributed by atoms with van der Waals surface area (Å²) in [6, 6.07) is 2.63. The van der Waals surface area contributed by atoms with Gasteiger partial charge in [0.05, 0.1) is 5.69 Å². The van der Waals surface area contributed by atoms with Gasteiger partial charge in [-0.3, -0.25) is 9.58 Å². The molecular weight excluding hydrogens is 224 g/mol. The van der Waals surface area contributed by atoms with Gasteiger partial charge in [-0.25, -0.2) is 0 Å². The lowest BCUT2D eigenvalue weighted by atomic mass is 9.87. The van der Waals surface area contributed by atoms with Crippen LogP contribution in [-0.4, -0.2) is 40.9 Å². The quantitative estimate of drug-likeness (QED) is 0.883. The monoisotopic (exact) mass is 248 g/mol. The average Bonchev–Trinajstić information content (AvgIpc) is 3.03. The topological polar surface area (TPSA) is 33.1 Å². The van der Waals surface area contributed by atoms with Gasteiger partial charge in [-0.2, -0.15) is 5.10 Å². The lowest BCUT2D eigenvalue weighted by Crippen LogP contribution is -2.29. The van der Waals surface area contributed by atoms with Crippen molar-refractivity contribution in [1.29, 1.82) is 0 Å². The number of hydrogen-bond donors (Lipinski definition) is 1. The van der Waals surface area contributed by atoms with Crippen LogP contribution in [0.4, 0.5) is 0 Å². The molecule has 1 spiro atoms. The Balaban J connectivity index is 1.60. The Morgan fingerprint density at radius 3 is 3.00 bits per heavy atom. The number of hydrogen-bond acceptors (Lipinski definition) is 3. The zero-order valence-electron chi connectivity index (χ0n) is 11.5. The Morgan fingerprint density at radius 2 is 2.33 bits per heavy atom. The van der Waals surface area contributed by atoms with Gasteiger partial charge in [0.2, 0.25) is 0 Å². The Hall–Kier alpha value is -0.870. The summed E-state index contributed by atoms with van der Waals surface area (Å²) in [7, 11) is 0. The molecule has 100 valence electrons. The first-order valence-electron chi connectivity index (χ1n) is 7.14. The molecule has 3 rings (SSSR count). The zero-order chi connectivity index (χ0) is 12.6. The lowest BCUT2D eigenvalue weighted by molar-refractivity contribution is 0.265. The van der Waals surface area contributed by atoms with Gasteiger partial charge in [0.25, 0.3) is 0 Å². The second kappa shape index (κ2) is 4.67. The molecule has 1 aromatic heterocycles. The minimum atomic E-state index is 0.461. The second-order valence-electron chi connectivity index (χ2n) is 6.27. The first-order chi connectivity index (χ1) is 8.67. The molecule has 2 aliphatic rings. The van der Waals surface area contributed by atoms with E-state index in [0.29, 0.717) is 11.5 Å². The molecule has 3 heterocycles. The van der Waals surface area contributed by atoms with Crippen molar-refractivity contribution in [2.45, 2.75) is 39.3 Å². The highest BCUT2D eigenvalue weighted by atomic mass is 15.3. The summed E-state index contributed by atoms with van der Waals surface area (Å²) in [4.78, 5) is 2.57. The number of nitrogens with one attached hydrogen (secondary N) is 1. The standard InChI is InChI=1S/C14H24N4/c1-12(2)18-7-3-13(16-18)9-17-8-5-14(11-17)4-6-15-10-14/h3,7,12,15H,4-6,8-11H2,1-2H3. The summed E-state index contributed by atoms with van der Waals surface area (Å²) >= 11 is 0. The lowest BCUT2D eigenvalue weighted by Gasteiger charge is -2.22. The van der Waals surface area contributed by atoms with Crippen LogP contribution in [0.15, 0.2) is 12.3 Å². The number of rotatable bonds is 3. The first-order valence-corrected chi connectivity index (χ1v) is 7.14. The summed E-state index contributed by atoms with van der Waals surface area (Å²) in [5, 5.41) is 8.16. The van der Waals surface area contributed by atoms with E-state index in [1.807, 2.05) is 0 Å². The number of aromatic nitrogens is 2. The third-order valence-corrected chi connectivity index (χ3v) is 4.43. The second-order valence-corrected chi connectivity index (χ2v) is 6.27. The van der Waals surface area contributed by atoms with E-state index in [1.54, 1.807) is 0 Å². The van der Waals surface area contributed by atoms with E-state index < -0.39 is 0 Å². The molecule has 0 bridgehead atoms. The fourth-order valence-corrected chi connectivity index (χ4v) is 3.28. The Labute approximate surface area is 109 Å². The van der Waals surface area contributed by atoms with Gasteiger partial charge < -0.3 is 5.32 Å². The van der Waals surface area contributed by atoms with E-state index in [9.17, 15) is 0 Å². The molecule has 2 saturated heterocycles. The molecule has 0 aromatic carbocycles. The van der Waals surface area contributed by atoms with Gasteiger partial charge in [-0.1, -0.05) is 0 Å². The van der Waals surface area contributed by atoms with Crippen molar-refractivity contribution < 1.29 is 0 Å². The van der Waals surface area contributed by atoms with Gasteiger partial charge in [-0.05, 0) is 51.3 Å². The van der Waals surface area contributed by atoms with Crippen molar-refractivity contribution in [2.24, 2.45) is 5.41 Å². The van der Waals surface area contributed by atoms with E-state index in [0.717, 1.165) is 6.54 Å². The fraction of sp³-hybridized carbons (Fsp3) is 0.786. The molecule has 0 amide bonds. The Kier molecular flexibility index (Phi) is 3.16. The van der Waals surface area contributed by atoms with Gasteiger partial charge >= 0.3 is 0 Å². The normalized spacial score (nSPS) is 28.8. The molecule has 0 aliphatic carbocycles. The highest BCUT2D eigenvalue weighted by Gasteiger charge is 2.40. The fourth-order valence-electron chi connectivity index (χ4n) is 3.28. The van der Waals surface area contributed by atoms with Crippen LogP contribution >= 0.6 is 0 Å². The molecular formula is C14H24N4. The van der Waals surface area contributed by atoms with Gasteiger partial charge in [0.1, 0.15) is 0 Å². The van der Waals surface area contributed by atoms with Crippen LogP contribution < -0.4 is 5.32 Å². The molecule has 0 saturated carbocycles. The van der Waals surface area contributed by atoms with Crippen molar-refractivity contribution in [3.63, 3.8) is 0 Å². The summed E-state index contributed by atoms with van der Waals surface area (Å²) in [5.41, 5.74) is 1.78. The predicted octanol–water partition coefficient (Wildman–Crippen LogP) is 1.65. The largest absolute Gasteiger partial charge is 0.316 e. The van der Waals surface area contributed by atoms with E-state index in [2.05, 4.69) is 46.1 Å². The molecule has 1 atom stereocenters. The van der Waals surface area contributed by atoms with Crippen molar-refractivity contribution in [1.82, 2.24) is 20.0 Å². The predicted molar refractivity (Wildman–Crippen MR) is 72.4 cm³/mol. The molecule has 4 nitrogen and oxygen atoms in total. The van der Waals surface area contributed by atoms with Crippen LogP contribution in [0.3, 0.4) is 0 Å². The maximum Gasteiger partial charge on any atom is 0.0764 e. The molecule has 4 heteroatoms. The third kappa shape index (κ3) is 2.31. The Bertz CT molecular complexity index is 404. The third-order valence-electron chi connectivity index (χ3n) is 4.43. The smallest absolute Gasteiger partial charge is 0.0764 e. The van der Waals surface area contributed by atoms with Gasteiger partial charge in [-0.15, -0.1) is 0 Å². The van der Waals surface area contributed by atoms with E-state index in [4.69, 9.17) is 0 Å². The average molecular weight is 248 g/mol. The highest BCUT2D eigenvalue weighted by molar-refractivity contribution is 5.02. The highest BCUT2D eigenvalue weighted by Crippen LogP contribution is 2.36. The van der Waals surface area contributed by atoms with Crippen LogP contribution in [0.25, 0.3) is 0 Å². The van der Waals surface area contributed by atoms with Gasteiger partial charge in [0.15, 0.2) is 0 Å². The molecule has 2 aliphatic heterocycles. The molecule has 0 radical (unpaired) electrons. The molecule has 1 N–H and O–H groups in total. The molecule has 1 aromatic rings. The summed E-state index contributed by atoms with van der Waals surface area (Å²) in [6.45, 7) is 10.3. The van der Waals surface area contributed by atoms with Crippen LogP contribution in [0, 0.1) is 5.41 Å². The van der Waals surface area contributed by atoms with Crippen LogP contribution in [-0.2, 0) is 6.54 Å². The van der Waals surface area contributed by atoms with E-state index in [1.165, 1.54) is 44.7 Å². The Morgan fingerprint density at radius 1 is 1.44 bits per heavy atom. The van der Waals surface area contributed by atoms with E-state index >= 15 is 0 Å².